The van der Waals surface area contributed by atoms with Gasteiger partial charge in [-0.2, -0.15) is 8.78 Å². The fourth-order valence-corrected chi connectivity index (χ4v) is 7.26. The van der Waals surface area contributed by atoms with Gasteiger partial charge in [0.05, 0.1) is 0 Å². The lowest BCUT2D eigenvalue weighted by Crippen LogP contribution is -2.30. The summed E-state index contributed by atoms with van der Waals surface area (Å²) in [5.41, 5.74) is 0.589. The van der Waals surface area contributed by atoms with Crippen LogP contribution in [0.3, 0.4) is 0 Å². The van der Waals surface area contributed by atoms with Crippen molar-refractivity contribution in [3.8, 4) is 5.75 Å². The van der Waals surface area contributed by atoms with Crippen molar-refractivity contribution in [3.63, 3.8) is 0 Å². The van der Waals surface area contributed by atoms with Crippen LogP contribution >= 0.6 is 0 Å². The van der Waals surface area contributed by atoms with Crippen molar-refractivity contribution in [1.29, 1.82) is 0 Å². The normalized spacial score (nSPS) is 32.5. The van der Waals surface area contributed by atoms with Gasteiger partial charge >= 0.3 is 6.61 Å². The lowest BCUT2D eigenvalue weighted by molar-refractivity contribution is -0.0546. The number of rotatable bonds is 8. The van der Waals surface area contributed by atoms with Gasteiger partial charge in [-0.1, -0.05) is 64.7 Å². The summed E-state index contributed by atoms with van der Waals surface area (Å²) in [7, 11) is 0. The predicted octanol–water partition coefficient (Wildman–Crippen LogP) is 9.25. The standard InChI is InChI=1S/C28H40F4O/c1-2-3-18-4-6-19(7-5-18)8-9-20-10-11-22-15-23(13-12-21(22)14-20)24-16-25(29)27(26(30)17-24)33-28(31)32/h16-23,28H,2-15H2,1H3. The SMILES string of the molecule is CCCC1CCC(CCC2CCC3CC(c4cc(F)c(OC(F)F)c(F)c4)CCC3C2)CC1. The molecule has 1 aromatic carbocycles. The summed E-state index contributed by atoms with van der Waals surface area (Å²) in [6.45, 7) is -0.935. The molecule has 0 aliphatic heterocycles. The van der Waals surface area contributed by atoms with Crippen molar-refractivity contribution in [3.05, 3.63) is 29.3 Å². The second kappa shape index (κ2) is 11.4. The molecule has 1 aromatic rings. The molecule has 0 saturated heterocycles. The Morgan fingerprint density at radius 1 is 0.758 bits per heavy atom. The van der Waals surface area contributed by atoms with Gasteiger partial charge in [-0.05, 0) is 85.3 Å². The van der Waals surface area contributed by atoms with Crippen LogP contribution in [0, 0.1) is 41.2 Å². The van der Waals surface area contributed by atoms with E-state index in [1.165, 1.54) is 82.8 Å². The van der Waals surface area contributed by atoms with Crippen LogP contribution in [0.5, 0.6) is 5.75 Å². The summed E-state index contributed by atoms with van der Waals surface area (Å²) in [4.78, 5) is 0. The summed E-state index contributed by atoms with van der Waals surface area (Å²) in [6.07, 6.45) is 18.0. The lowest BCUT2D eigenvalue weighted by Gasteiger charge is -2.43. The van der Waals surface area contributed by atoms with Crippen molar-refractivity contribution >= 4 is 0 Å². The maximum absolute atomic E-state index is 14.2. The zero-order chi connectivity index (χ0) is 23.4. The number of halogens is 4. The van der Waals surface area contributed by atoms with E-state index in [0.717, 1.165) is 42.9 Å². The third kappa shape index (κ3) is 6.45. The Bertz CT molecular complexity index is 735. The van der Waals surface area contributed by atoms with Crippen LogP contribution in [0.25, 0.3) is 0 Å². The fourth-order valence-electron chi connectivity index (χ4n) is 7.26. The molecule has 0 spiro atoms. The Kier molecular flexibility index (Phi) is 8.62. The number of benzene rings is 1. The predicted molar refractivity (Wildman–Crippen MR) is 123 cm³/mol. The average Bonchev–Trinajstić information content (AvgIpc) is 2.80. The van der Waals surface area contributed by atoms with E-state index in [-0.39, 0.29) is 5.92 Å². The molecule has 1 nitrogen and oxygen atoms in total. The van der Waals surface area contributed by atoms with Gasteiger partial charge in [-0.3, -0.25) is 0 Å². The smallest absolute Gasteiger partial charge is 0.387 e. The topological polar surface area (TPSA) is 9.23 Å². The highest BCUT2D eigenvalue weighted by atomic mass is 19.3. The molecular weight excluding hydrogens is 428 g/mol. The molecule has 4 unspecified atom stereocenters. The van der Waals surface area contributed by atoms with Crippen LogP contribution in [0.2, 0.25) is 0 Å². The highest BCUT2D eigenvalue weighted by molar-refractivity contribution is 5.33. The van der Waals surface area contributed by atoms with Gasteiger partial charge in [0.15, 0.2) is 17.4 Å². The van der Waals surface area contributed by atoms with E-state index in [1.807, 2.05) is 0 Å². The summed E-state index contributed by atoms with van der Waals surface area (Å²) in [5.74, 6) is 1.19. The van der Waals surface area contributed by atoms with E-state index in [1.54, 1.807) is 0 Å². The molecule has 5 heteroatoms. The summed E-state index contributed by atoms with van der Waals surface area (Å²) in [6, 6.07) is 2.40. The molecule has 4 rings (SSSR count). The first kappa shape index (κ1) is 24.9. The van der Waals surface area contributed by atoms with Crippen LogP contribution in [0.1, 0.15) is 108 Å². The average molecular weight is 469 g/mol. The second-order valence-corrected chi connectivity index (χ2v) is 11.2. The van der Waals surface area contributed by atoms with Crippen molar-refractivity contribution in [2.75, 3.05) is 0 Å². The molecule has 33 heavy (non-hydrogen) atoms. The molecule has 3 aliphatic carbocycles. The molecule has 186 valence electrons. The number of hydrogen-bond acceptors (Lipinski definition) is 1. The Hall–Kier alpha value is -1.26. The Labute approximate surface area is 196 Å². The van der Waals surface area contributed by atoms with Gasteiger partial charge in [0.25, 0.3) is 0 Å². The van der Waals surface area contributed by atoms with Crippen LogP contribution in [-0.4, -0.2) is 6.61 Å². The Balaban J connectivity index is 1.25. The van der Waals surface area contributed by atoms with E-state index < -0.39 is 24.0 Å². The van der Waals surface area contributed by atoms with Gasteiger partial charge in [-0.25, -0.2) is 8.78 Å². The lowest BCUT2D eigenvalue weighted by atomic mass is 9.63. The number of fused-ring (bicyclic) bond motifs is 1. The Morgan fingerprint density at radius 2 is 1.30 bits per heavy atom. The summed E-state index contributed by atoms with van der Waals surface area (Å²) >= 11 is 0. The zero-order valence-electron chi connectivity index (χ0n) is 20.0. The molecule has 4 atom stereocenters. The first-order chi connectivity index (χ1) is 15.9. The van der Waals surface area contributed by atoms with Crippen LogP contribution in [0.4, 0.5) is 17.6 Å². The van der Waals surface area contributed by atoms with E-state index >= 15 is 0 Å². The minimum atomic E-state index is -3.23. The van der Waals surface area contributed by atoms with Gasteiger partial charge in [-0.15, -0.1) is 0 Å². The largest absolute Gasteiger partial charge is 0.429 e. The third-order valence-corrected chi connectivity index (χ3v) is 9.07. The molecule has 3 fully saturated rings. The molecule has 0 radical (unpaired) electrons. The first-order valence-electron chi connectivity index (χ1n) is 13.4. The Morgan fingerprint density at radius 3 is 1.94 bits per heavy atom. The van der Waals surface area contributed by atoms with E-state index in [0.29, 0.717) is 11.5 Å². The molecule has 3 saturated carbocycles. The third-order valence-electron chi connectivity index (χ3n) is 9.07. The molecule has 0 aromatic heterocycles. The monoisotopic (exact) mass is 468 g/mol. The minimum Gasteiger partial charge on any atom is -0.429 e. The quantitative estimate of drug-likeness (QED) is 0.345. The van der Waals surface area contributed by atoms with Gasteiger partial charge in [0, 0.05) is 0 Å². The van der Waals surface area contributed by atoms with Crippen molar-refractivity contribution < 1.29 is 22.3 Å². The number of ether oxygens (including phenoxy) is 1. The molecular formula is C28H40F4O. The molecule has 0 N–H and O–H groups in total. The maximum atomic E-state index is 14.2. The molecule has 0 heterocycles. The van der Waals surface area contributed by atoms with Crippen molar-refractivity contribution in [2.45, 2.75) is 109 Å². The van der Waals surface area contributed by atoms with E-state index in [9.17, 15) is 17.6 Å². The maximum Gasteiger partial charge on any atom is 0.387 e. The number of hydrogen-bond donors (Lipinski definition) is 0. The van der Waals surface area contributed by atoms with Crippen LogP contribution in [-0.2, 0) is 0 Å². The summed E-state index contributed by atoms with van der Waals surface area (Å²) < 4.78 is 57.2. The highest BCUT2D eigenvalue weighted by Gasteiger charge is 2.36. The highest BCUT2D eigenvalue weighted by Crippen LogP contribution is 2.49. The second-order valence-electron chi connectivity index (χ2n) is 11.2. The fraction of sp³-hybridized carbons (Fsp3) is 0.786. The van der Waals surface area contributed by atoms with Crippen molar-refractivity contribution in [2.24, 2.45) is 29.6 Å². The molecule has 3 aliphatic rings. The van der Waals surface area contributed by atoms with Crippen LogP contribution < -0.4 is 4.74 Å². The van der Waals surface area contributed by atoms with Crippen molar-refractivity contribution in [1.82, 2.24) is 0 Å². The minimum absolute atomic E-state index is 0.103. The van der Waals surface area contributed by atoms with E-state index in [2.05, 4.69) is 11.7 Å². The van der Waals surface area contributed by atoms with Gasteiger partial charge < -0.3 is 4.74 Å². The van der Waals surface area contributed by atoms with E-state index in [4.69, 9.17) is 0 Å². The zero-order valence-corrected chi connectivity index (χ0v) is 20.0. The molecule has 0 bridgehead atoms. The number of alkyl halides is 2. The van der Waals surface area contributed by atoms with Crippen LogP contribution in [0.15, 0.2) is 12.1 Å². The summed E-state index contributed by atoms with van der Waals surface area (Å²) in [5, 5.41) is 0. The molecule has 0 amide bonds. The first-order valence-corrected chi connectivity index (χ1v) is 13.4. The van der Waals surface area contributed by atoms with Gasteiger partial charge in [0.1, 0.15) is 0 Å². The van der Waals surface area contributed by atoms with Gasteiger partial charge in [0.2, 0.25) is 0 Å².